The van der Waals surface area contributed by atoms with Crippen molar-refractivity contribution in [2.24, 2.45) is 34.7 Å². The van der Waals surface area contributed by atoms with Crippen LogP contribution in [0.5, 0.6) is 5.75 Å². The summed E-state index contributed by atoms with van der Waals surface area (Å²) >= 11 is 0. The zero-order valence-corrected chi connectivity index (χ0v) is 66.6. The summed E-state index contributed by atoms with van der Waals surface area (Å²) in [5, 5.41) is 104. The molecule has 1 aromatic rings. The van der Waals surface area contributed by atoms with Gasteiger partial charge in [0.25, 0.3) is 0 Å². The van der Waals surface area contributed by atoms with E-state index in [2.05, 4.69) is 26.0 Å². The Kier molecular flexibility index (Phi) is 51.9. The number of halogens is 5. The monoisotopic (exact) mass is 1710 g/mol. The molecule has 45 heteroatoms. The minimum atomic E-state index is -2.38. The fourth-order valence-electron chi connectivity index (χ4n) is 12.1. The molecule has 680 valence electrons. The molecule has 0 unspecified atom stereocenters. The van der Waals surface area contributed by atoms with E-state index in [4.69, 9.17) is 91.6 Å². The van der Waals surface area contributed by atoms with Gasteiger partial charge in [-0.1, -0.05) is 38.5 Å². The Balaban J connectivity index is 1.29. The van der Waals surface area contributed by atoms with Crippen molar-refractivity contribution < 1.29 is 153 Å². The Morgan fingerprint density at radius 2 is 0.661 bits per heavy atom. The first kappa shape index (κ1) is 104. The molecule has 3 fully saturated rings. The molecule has 118 heavy (non-hydrogen) atoms. The Bertz CT molecular complexity index is 2890. The predicted molar refractivity (Wildman–Crippen MR) is 405 cm³/mol. The van der Waals surface area contributed by atoms with Crippen LogP contribution in [0.25, 0.3) is 0 Å². The Labute approximate surface area is 681 Å². The van der Waals surface area contributed by atoms with Gasteiger partial charge in [-0.15, -0.1) is 0 Å². The van der Waals surface area contributed by atoms with Crippen LogP contribution in [-0.2, 0) is 80.8 Å². The number of nitrogens with one attached hydrogen (secondary N) is 4. The fourth-order valence-corrected chi connectivity index (χ4v) is 12.1. The average Bonchev–Trinajstić information content (AvgIpc) is 0.794. The van der Waals surface area contributed by atoms with E-state index in [9.17, 15) is 91.9 Å². The molecule has 0 bridgehead atoms. The van der Waals surface area contributed by atoms with Gasteiger partial charge in [-0.2, -0.15) is 8.78 Å². The van der Waals surface area contributed by atoms with Crippen LogP contribution >= 0.6 is 0 Å². The molecule has 3 aliphatic rings. The third-order valence-electron chi connectivity index (χ3n) is 18.7. The molecular formula is C73H126F5N13O27. The van der Waals surface area contributed by atoms with Crippen LogP contribution in [0.3, 0.4) is 0 Å². The molecule has 0 spiro atoms. The van der Waals surface area contributed by atoms with Crippen molar-refractivity contribution in [3.8, 4) is 5.75 Å². The van der Waals surface area contributed by atoms with E-state index in [-0.39, 0.29) is 233 Å². The van der Waals surface area contributed by atoms with E-state index in [1.54, 1.807) is 0 Å². The van der Waals surface area contributed by atoms with Crippen molar-refractivity contribution in [2.45, 2.75) is 201 Å². The zero-order chi connectivity index (χ0) is 86.8. The van der Waals surface area contributed by atoms with Crippen molar-refractivity contribution in [2.75, 3.05) is 158 Å². The zero-order valence-electron chi connectivity index (χ0n) is 66.6. The third-order valence-corrected chi connectivity index (χ3v) is 18.7. The summed E-state index contributed by atoms with van der Waals surface area (Å²) < 4.78 is 140. The number of esters is 1. The minimum Gasteiger partial charge on any atom is -0.420 e. The van der Waals surface area contributed by atoms with E-state index in [1.807, 2.05) is 0 Å². The topological polar surface area (TPSA) is 601 Å². The van der Waals surface area contributed by atoms with Crippen molar-refractivity contribution in [3.63, 3.8) is 0 Å². The second-order valence-corrected chi connectivity index (χ2v) is 28.2. The van der Waals surface area contributed by atoms with Crippen molar-refractivity contribution in [1.29, 1.82) is 0 Å². The average molecular weight is 1710 g/mol. The molecule has 12 atom stereocenters. The van der Waals surface area contributed by atoms with E-state index >= 15 is 0 Å². The number of hydrazine groups is 3. The van der Waals surface area contributed by atoms with Gasteiger partial charge < -0.3 is 146 Å². The van der Waals surface area contributed by atoms with Gasteiger partial charge in [0.1, 0.15) is 55.3 Å². The third kappa shape index (κ3) is 40.8. The van der Waals surface area contributed by atoms with Gasteiger partial charge in [0, 0.05) is 95.1 Å². The summed E-state index contributed by atoms with van der Waals surface area (Å²) in [6.07, 6.45) is -5.46. The smallest absolute Gasteiger partial charge is 0.311 e. The summed E-state index contributed by atoms with van der Waals surface area (Å²) in [4.78, 5) is 67.0. The van der Waals surface area contributed by atoms with Crippen LogP contribution in [-0.4, -0.2) is 328 Å². The number of aliphatic hydroxyl groups excluding tert-OH is 9. The predicted octanol–water partition coefficient (Wildman–Crippen LogP) is -3.70. The number of nitrogens with two attached hydrogens (primary N) is 6. The number of hydrogen-bond donors (Lipinski definition) is 19. The summed E-state index contributed by atoms with van der Waals surface area (Å²) in [5.74, 6) is 2.17. The molecule has 3 aliphatic heterocycles. The van der Waals surface area contributed by atoms with Crippen molar-refractivity contribution in [3.05, 3.63) is 64.8 Å². The number of unbranched alkanes of at least 4 members (excludes halogenated alkanes) is 7. The minimum absolute atomic E-state index is 0.00602. The van der Waals surface area contributed by atoms with Gasteiger partial charge in [0.2, 0.25) is 58.5 Å². The number of ether oxygens (including phenoxy) is 13. The Morgan fingerprint density at radius 1 is 0.390 bits per heavy atom. The molecule has 3 saturated heterocycles. The van der Waals surface area contributed by atoms with Crippen LogP contribution < -0.4 is 60.7 Å². The van der Waals surface area contributed by atoms with E-state index < -0.39 is 163 Å². The summed E-state index contributed by atoms with van der Waals surface area (Å²) in [5.41, 5.74) is 17.5. The lowest BCUT2D eigenvalue weighted by molar-refractivity contribution is -0.211. The van der Waals surface area contributed by atoms with Crippen molar-refractivity contribution in [1.82, 2.24) is 36.3 Å². The highest BCUT2D eigenvalue weighted by atomic mass is 19.2. The summed E-state index contributed by atoms with van der Waals surface area (Å²) in [6, 6.07) is 0. The normalized spacial score (nSPS) is 22.0. The highest BCUT2D eigenvalue weighted by molar-refractivity contribution is 5.80. The standard InChI is InChI=1S/C73H126F5N13O27/c74-64-65(75)67(77)72(68(78)66(64)76)118-63(102)10-8-6-4-2-1-3-5-7-9-59(101)88-73(14-11-56(98)85-17-20-106-23-26-109-29-32-112-44-47(79)38-89(82)60-35-50(95)69(103)53(41-92)115-60,15-12-57(99)86-18-21-107-24-27-110-30-33-113-45-48(80)39-90(83)61-36-51(96)70(104)54(42-93)116-61)16-13-58(100)87-19-22-108-25-28-111-31-34-114-46-49(81)40-91(84)62-37-52(97)71(105)55(43-94)117-62/h38-40,50-55,60-62,69-71,92-97,103-105H,1-37,41-46,79-84H2,(H,85,98)(H,86,99)(H,87,100)(H,88,101)/b47-38-,48-39-,49-40-/t50-,51-,52-,53-,54-,55-,60-,61-,62-,69-,70-,71-/m1/s1. The first-order chi connectivity index (χ1) is 56.5. The van der Waals surface area contributed by atoms with Gasteiger partial charge in [0.05, 0.1) is 174 Å². The molecule has 4 amide bonds. The lowest BCUT2D eigenvalue weighted by Gasteiger charge is -2.39. The number of carbonyl (C=O) groups excluding carboxylic acids is 5. The van der Waals surface area contributed by atoms with Crippen LogP contribution in [0.1, 0.15) is 122 Å². The number of carbonyl (C=O) groups is 5. The number of hydrogen-bond acceptors (Lipinski definition) is 36. The molecule has 25 N–H and O–H groups in total. The van der Waals surface area contributed by atoms with Gasteiger partial charge in [0.15, 0.2) is 0 Å². The molecule has 1 aromatic carbocycles. The maximum absolute atomic E-state index is 14.0. The highest BCUT2D eigenvalue weighted by Gasteiger charge is 2.41. The number of rotatable bonds is 64. The SMILES string of the molecule is N/C(=C\N(N)[C@H]1C[C@@H](O)[C@@H](O)[C@@H](CO)O1)COCCOCCOCCNC(=O)CCC(CCC(=O)NCCOCCOCCOC/C(N)=C/N(N)[C@H]1C[C@@H](O)[C@@H](O)[C@@H](CO)O1)(CCC(=O)NCCOCCOCCOC/C(N)=C/N(N)[C@H]1C[C@@H](O)[C@@H](O)[C@@H](CO)O1)NC(=O)CCCCCCCCCCC(=O)Oc1c(F)c(F)c(F)c(F)c1F. The fraction of sp³-hybridized carbons (Fsp3) is 0.767. The molecule has 0 aromatic heterocycles. The Morgan fingerprint density at radius 3 is 0.966 bits per heavy atom. The number of amides is 4. The number of aliphatic hydroxyl groups is 9. The van der Waals surface area contributed by atoms with E-state index in [0.29, 0.717) is 38.5 Å². The number of benzene rings is 1. The molecule has 0 saturated carbocycles. The molecule has 4 rings (SSSR count). The second-order valence-electron chi connectivity index (χ2n) is 28.2. The summed E-state index contributed by atoms with van der Waals surface area (Å²) in [7, 11) is 0. The maximum Gasteiger partial charge on any atom is 0.311 e. The van der Waals surface area contributed by atoms with Gasteiger partial charge in [-0.05, 0) is 32.1 Å². The largest absolute Gasteiger partial charge is 0.420 e. The molecule has 0 aliphatic carbocycles. The first-order valence-electron chi connectivity index (χ1n) is 39.4. The van der Waals surface area contributed by atoms with E-state index in [1.165, 1.54) is 18.6 Å². The quantitative estimate of drug-likeness (QED) is 0.00436. The Hall–Kier alpha value is -6.72. The highest BCUT2D eigenvalue weighted by Crippen LogP contribution is 2.31. The van der Waals surface area contributed by atoms with Crippen LogP contribution in [0, 0.1) is 29.1 Å². The second kappa shape index (κ2) is 59.1. The summed E-state index contributed by atoms with van der Waals surface area (Å²) in [6.45, 7) is 0.776. The molecular weight excluding hydrogens is 1590 g/mol. The van der Waals surface area contributed by atoms with E-state index in [0.717, 1.165) is 21.4 Å². The lowest BCUT2D eigenvalue weighted by Crippen LogP contribution is -2.55. The number of nitrogens with zero attached hydrogens (tertiary/aromatic N) is 3. The van der Waals surface area contributed by atoms with Crippen LogP contribution in [0.4, 0.5) is 22.0 Å². The van der Waals surface area contributed by atoms with Gasteiger partial charge in [-0.3, -0.25) is 39.0 Å². The molecule has 3 heterocycles. The first-order valence-corrected chi connectivity index (χ1v) is 39.4. The van der Waals surface area contributed by atoms with Gasteiger partial charge >= 0.3 is 5.97 Å². The lowest BCUT2D eigenvalue weighted by atomic mass is 9.82. The molecule has 0 radical (unpaired) electrons. The molecule has 40 nitrogen and oxygen atoms in total. The van der Waals surface area contributed by atoms with Crippen LogP contribution in [0.15, 0.2) is 35.7 Å². The van der Waals surface area contributed by atoms with Crippen molar-refractivity contribution >= 4 is 29.6 Å². The van der Waals surface area contributed by atoms with Crippen LogP contribution in [0.2, 0.25) is 0 Å². The van der Waals surface area contributed by atoms with Gasteiger partial charge in [-0.25, -0.2) is 30.7 Å². The maximum atomic E-state index is 14.0.